The van der Waals surface area contributed by atoms with Crippen LogP contribution in [0.2, 0.25) is 0 Å². The standard InChI is InChI=1S/C26H33F3N4O/c1-16-12-31(13-17(2)33(16)24-9-7-19(28)11-30-24)25(34)22-15-32(26(3,4)5)14-21(22)20-8-6-18(27)10-23(20)29/h6-11,16-17,21-22H,12-15H2,1-5H3/t16-,17+,21?,22?. The zero-order valence-electron chi connectivity index (χ0n) is 20.4. The van der Waals surface area contributed by atoms with Crippen LogP contribution in [0.25, 0.3) is 0 Å². The van der Waals surface area contributed by atoms with Crippen LogP contribution in [0.1, 0.15) is 46.1 Å². The predicted molar refractivity (Wildman–Crippen MR) is 126 cm³/mol. The van der Waals surface area contributed by atoms with E-state index in [1.165, 1.54) is 24.4 Å². The van der Waals surface area contributed by atoms with Gasteiger partial charge in [-0.1, -0.05) is 6.07 Å². The number of aromatic nitrogens is 1. The predicted octanol–water partition coefficient (Wildman–Crippen LogP) is 4.44. The fourth-order valence-electron chi connectivity index (χ4n) is 5.43. The van der Waals surface area contributed by atoms with E-state index in [1.807, 2.05) is 18.7 Å². The Hall–Kier alpha value is -2.61. The van der Waals surface area contributed by atoms with Gasteiger partial charge in [-0.3, -0.25) is 9.69 Å². The second-order valence-corrected chi connectivity index (χ2v) is 10.6. The summed E-state index contributed by atoms with van der Waals surface area (Å²) in [6.07, 6.45) is 1.20. The lowest BCUT2D eigenvalue weighted by Crippen LogP contribution is -2.59. The Morgan fingerprint density at radius 2 is 1.59 bits per heavy atom. The summed E-state index contributed by atoms with van der Waals surface area (Å²) in [6, 6.07) is 6.64. The Balaban J connectivity index is 1.58. The zero-order chi connectivity index (χ0) is 24.8. The van der Waals surface area contributed by atoms with E-state index in [4.69, 9.17) is 0 Å². The molecule has 2 aromatic rings. The van der Waals surface area contributed by atoms with Crippen LogP contribution in [0, 0.1) is 23.4 Å². The topological polar surface area (TPSA) is 39.7 Å². The van der Waals surface area contributed by atoms with Crippen molar-refractivity contribution in [2.75, 3.05) is 31.1 Å². The number of hydrogen-bond acceptors (Lipinski definition) is 4. The van der Waals surface area contributed by atoms with Gasteiger partial charge in [-0.15, -0.1) is 0 Å². The van der Waals surface area contributed by atoms with Crippen molar-refractivity contribution in [3.8, 4) is 0 Å². The van der Waals surface area contributed by atoms with Crippen molar-refractivity contribution in [1.82, 2.24) is 14.8 Å². The Morgan fingerprint density at radius 3 is 2.15 bits per heavy atom. The number of benzene rings is 1. The van der Waals surface area contributed by atoms with Crippen LogP contribution in [0.4, 0.5) is 19.0 Å². The maximum Gasteiger partial charge on any atom is 0.227 e. The molecule has 2 unspecified atom stereocenters. The van der Waals surface area contributed by atoms with Gasteiger partial charge in [-0.25, -0.2) is 18.2 Å². The summed E-state index contributed by atoms with van der Waals surface area (Å²) in [5.41, 5.74) is 0.207. The molecule has 4 rings (SSSR count). The first-order chi connectivity index (χ1) is 16.0. The fraction of sp³-hybridized carbons (Fsp3) is 0.538. The highest BCUT2D eigenvalue weighted by Crippen LogP contribution is 2.39. The highest BCUT2D eigenvalue weighted by atomic mass is 19.1. The Kier molecular flexibility index (Phi) is 6.64. The van der Waals surface area contributed by atoms with Crippen LogP contribution >= 0.6 is 0 Å². The Labute approximate surface area is 199 Å². The van der Waals surface area contributed by atoms with E-state index in [0.29, 0.717) is 37.6 Å². The number of amides is 1. The molecular weight excluding hydrogens is 441 g/mol. The van der Waals surface area contributed by atoms with Gasteiger partial charge >= 0.3 is 0 Å². The van der Waals surface area contributed by atoms with E-state index in [2.05, 4.69) is 35.6 Å². The smallest absolute Gasteiger partial charge is 0.227 e. The van der Waals surface area contributed by atoms with Gasteiger partial charge in [0.2, 0.25) is 5.91 Å². The minimum absolute atomic E-state index is 0.00843. The van der Waals surface area contributed by atoms with Crippen LogP contribution in [0.5, 0.6) is 0 Å². The van der Waals surface area contributed by atoms with Crippen molar-refractivity contribution in [1.29, 1.82) is 0 Å². The summed E-state index contributed by atoms with van der Waals surface area (Å²) in [6.45, 7) is 12.3. The molecule has 2 fully saturated rings. The molecule has 2 aliphatic rings. The summed E-state index contributed by atoms with van der Waals surface area (Å²) < 4.78 is 41.7. The Bertz CT molecular complexity index is 1030. The first-order valence-electron chi connectivity index (χ1n) is 11.8. The number of hydrogen-bond donors (Lipinski definition) is 0. The third-order valence-electron chi connectivity index (χ3n) is 7.15. The van der Waals surface area contributed by atoms with Gasteiger partial charge in [0.25, 0.3) is 0 Å². The van der Waals surface area contributed by atoms with Crippen LogP contribution < -0.4 is 4.90 Å². The molecular formula is C26H33F3N4O. The van der Waals surface area contributed by atoms with Crippen molar-refractivity contribution in [3.63, 3.8) is 0 Å². The van der Waals surface area contributed by atoms with Gasteiger partial charge in [0.05, 0.1) is 12.1 Å². The second kappa shape index (κ2) is 9.21. The summed E-state index contributed by atoms with van der Waals surface area (Å²) in [4.78, 5) is 24.2. The quantitative estimate of drug-likeness (QED) is 0.660. The van der Waals surface area contributed by atoms with Crippen LogP contribution in [0.3, 0.4) is 0 Å². The second-order valence-electron chi connectivity index (χ2n) is 10.6. The summed E-state index contributed by atoms with van der Waals surface area (Å²) in [5.74, 6) is -1.72. The number of carbonyl (C=O) groups excluding carboxylic acids is 1. The summed E-state index contributed by atoms with van der Waals surface area (Å²) >= 11 is 0. The lowest BCUT2D eigenvalue weighted by atomic mass is 9.87. The molecule has 184 valence electrons. The first-order valence-corrected chi connectivity index (χ1v) is 11.8. The molecule has 0 bridgehead atoms. The summed E-state index contributed by atoms with van der Waals surface area (Å²) in [7, 11) is 0. The molecule has 1 aromatic heterocycles. The van der Waals surface area contributed by atoms with E-state index >= 15 is 0 Å². The maximum absolute atomic E-state index is 14.8. The largest absolute Gasteiger partial charge is 0.348 e. The highest BCUT2D eigenvalue weighted by molar-refractivity contribution is 5.81. The molecule has 0 aliphatic carbocycles. The molecule has 4 atom stereocenters. The number of nitrogens with zero attached hydrogens (tertiary/aromatic N) is 4. The molecule has 34 heavy (non-hydrogen) atoms. The molecule has 3 heterocycles. The molecule has 1 amide bonds. The minimum atomic E-state index is -0.622. The van der Waals surface area contributed by atoms with Crippen molar-refractivity contribution in [2.24, 2.45) is 5.92 Å². The van der Waals surface area contributed by atoms with Gasteiger partial charge in [0, 0.05) is 55.8 Å². The monoisotopic (exact) mass is 474 g/mol. The number of piperazine rings is 1. The van der Waals surface area contributed by atoms with E-state index in [1.54, 1.807) is 6.07 Å². The van der Waals surface area contributed by atoms with Crippen LogP contribution in [-0.4, -0.2) is 64.5 Å². The highest BCUT2D eigenvalue weighted by Gasteiger charge is 2.45. The van der Waals surface area contributed by atoms with E-state index < -0.39 is 17.6 Å². The SMILES string of the molecule is C[C@@H]1CN(C(=O)C2CN(C(C)(C)C)CC2c2ccc(F)cc2F)C[C@H](C)N1c1ccc(F)cn1. The molecule has 8 heteroatoms. The van der Waals surface area contributed by atoms with Gasteiger partial charge in [0.1, 0.15) is 23.3 Å². The number of pyridine rings is 1. The molecule has 1 aromatic carbocycles. The van der Waals surface area contributed by atoms with E-state index in [9.17, 15) is 18.0 Å². The molecule has 0 saturated carbocycles. The zero-order valence-corrected chi connectivity index (χ0v) is 20.4. The molecule has 5 nitrogen and oxygen atoms in total. The van der Waals surface area contributed by atoms with Crippen molar-refractivity contribution in [3.05, 3.63) is 59.5 Å². The third kappa shape index (κ3) is 4.78. The first kappa shape index (κ1) is 24.5. The van der Waals surface area contributed by atoms with Gasteiger partial charge < -0.3 is 9.80 Å². The fourth-order valence-corrected chi connectivity index (χ4v) is 5.43. The maximum atomic E-state index is 14.8. The van der Waals surface area contributed by atoms with Crippen molar-refractivity contribution >= 4 is 11.7 Å². The molecule has 0 N–H and O–H groups in total. The average molecular weight is 475 g/mol. The molecule has 0 spiro atoms. The Morgan fingerprint density at radius 1 is 0.941 bits per heavy atom. The van der Waals surface area contributed by atoms with Crippen molar-refractivity contribution < 1.29 is 18.0 Å². The van der Waals surface area contributed by atoms with E-state index in [0.717, 1.165) is 6.07 Å². The minimum Gasteiger partial charge on any atom is -0.348 e. The van der Waals surface area contributed by atoms with Gasteiger partial charge in [-0.2, -0.15) is 0 Å². The summed E-state index contributed by atoms with van der Waals surface area (Å²) in [5, 5.41) is 0. The lowest BCUT2D eigenvalue weighted by Gasteiger charge is -2.46. The molecule has 2 saturated heterocycles. The normalized spacial score (nSPS) is 26.2. The van der Waals surface area contributed by atoms with Crippen molar-refractivity contribution in [2.45, 2.75) is 58.2 Å². The lowest BCUT2D eigenvalue weighted by molar-refractivity contribution is -0.137. The average Bonchev–Trinajstić information content (AvgIpc) is 3.19. The number of anilines is 1. The number of carbonyl (C=O) groups is 1. The molecule has 0 radical (unpaired) electrons. The van der Waals surface area contributed by atoms with Crippen LogP contribution in [0.15, 0.2) is 36.5 Å². The van der Waals surface area contributed by atoms with Gasteiger partial charge in [-0.05, 0) is 58.4 Å². The van der Waals surface area contributed by atoms with Crippen LogP contribution in [-0.2, 0) is 4.79 Å². The van der Waals surface area contributed by atoms with Gasteiger partial charge in [0.15, 0.2) is 0 Å². The number of rotatable bonds is 3. The third-order valence-corrected chi connectivity index (χ3v) is 7.15. The number of halogens is 3. The van der Waals surface area contributed by atoms with E-state index in [-0.39, 0.29) is 35.3 Å². The number of likely N-dealkylation sites (tertiary alicyclic amines) is 1. The molecule has 2 aliphatic heterocycles.